The minimum absolute atomic E-state index is 0.0962. The van der Waals surface area contributed by atoms with Crippen LogP contribution in [0.15, 0.2) is 18.2 Å². The van der Waals surface area contributed by atoms with Crippen molar-refractivity contribution in [2.75, 3.05) is 18.4 Å². The molecule has 0 saturated carbocycles. The van der Waals surface area contributed by atoms with Crippen molar-refractivity contribution in [2.45, 2.75) is 25.7 Å². The van der Waals surface area contributed by atoms with Crippen LogP contribution in [0.2, 0.25) is 10.0 Å². The van der Waals surface area contributed by atoms with Gasteiger partial charge in [0.2, 0.25) is 0 Å². The van der Waals surface area contributed by atoms with E-state index >= 15 is 0 Å². The summed E-state index contributed by atoms with van der Waals surface area (Å²) in [6.07, 6.45) is 4.52. The van der Waals surface area contributed by atoms with Crippen LogP contribution in [-0.4, -0.2) is 24.0 Å². The molecule has 1 heterocycles. The molecule has 2 rings (SSSR count). The molecular weight excluding hydrogens is 271 g/mol. The fourth-order valence-corrected chi connectivity index (χ4v) is 2.42. The van der Waals surface area contributed by atoms with Gasteiger partial charge in [0.05, 0.1) is 15.7 Å². The Hall–Kier alpha value is -0.930. The number of amides is 2. The van der Waals surface area contributed by atoms with Gasteiger partial charge in [0.15, 0.2) is 0 Å². The molecule has 5 heteroatoms. The number of hydrogen-bond acceptors (Lipinski definition) is 1. The minimum atomic E-state index is -0.0962. The molecule has 0 aliphatic carbocycles. The first kappa shape index (κ1) is 13.5. The Morgan fingerprint density at radius 1 is 1.11 bits per heavy atom. The van der Waals surface area contributed by atoms with Gasteiger partial charge in [-0.15, -0.1) is 0 Å². The lowest BCUT2D eigenvalue weighted by atomic mass is 10.2. The predicted octanol–water partition coefficient (Wildman–Crippen LogP) is 4.40. The smallest absolute Gasteiger partial charge is 0.321 e. The number of likely N-dealkylation sites (tertiary alicyclic amines) is 1. The van der Waals surface area contributed by atoms with Crippen molar-refractivity contribution in [1.29, 1.82) is 0 Å². The summed E-state index contributed by atoms with van der Waals surface area (Å²) in [5, 5.41) is 3.66. The van der Waals surface area contributed by atoms with E-state index in [0.29, 0.717) is 15.7 Å². The zero-order valence-electron chi connectivity index (χ0n) is 10.1. The summed E-state index contributed by atoms with van der Waals surface area (Å²) in [6, 6.07) is 5.13. The van der Waals surface area contributed by atoms with Crippen molar-refractivity contribution in [2.24, 2.45) is 0 Å². The van der Waals surface area contributed by atoms with Crippen molar-refractivity contribution in [3.63, 3.8) is 0 Å². The number of benzene rings is 1. The second-order valence-electron chi connectivity index (χ2n) is 4.43. The van der Waals surface area contributed by atoms with Crippen LogP contribution in [0.4, 0.5) is 10.5 Å². The lowest BCUT2D eigenvalue weighted by molar-refractivity contribution is 0.214. The van der Waals surface area contributed by atoms with Gasteiger partial charge in [-0.25, -0.2) is 4.79 Å². The van der Waals surface area contributed by atoms with Crippen LogP contribution in [0.25, 0.3) is 0 Å². The normalized spacial score (nSPS) is 16.2. The Kier molecular flexibility index (Phi) is 4.72. The van der Waals surface area contributed by atoms with Crippen LogP contribution in [0.3, 0.4) is 0 Å². The van der Waals surface area contributed by atoms with Crippen molar-refractivity contribution in [1.82, 2.24) is 4.90 Å². The van der Waals surface area contributed by atoms with Gasteiger partial charge in [-0.2, -0.15) is 0 Å². The predicted molar refractivity (Wildman–Crippen MR) is 75.5 cm³/mol. The third-order valence-corrected chi connectivity index (χ3v) is 3.91. The van der Waals surface area contributed by atoms with Crippen LogP contribution >= 0.6 is 23.2 Å². The van der Waals surface area contributed by atoms with Crippen LogP contribution in [0.5, 0.6) is 0 Å². The van der Waals surface area contributed by atoms with Gasteiger partial charge in [-0.1, -0.05) is 42.1 Å². The van der Waals surface area contributed by atoms with Crippen molar-refractivity contribution >= 4 is 34.9 Å². The van der Waals surface area contributed by atoms with Crippen molar-refractivity contribution in [3.8, 4) is 0 Å². The van der Waals surface area contributed by atoms with Crippen LogP contribution in [0, 0.1) is 0 Å². The summed E-state index contributed by atoms with van der Waals surface area (Å²) >= 11 is 12.0. The van der Waals surface area contributed by atoms with Crippen molar-refractivity contribution < 1.29 is 4.79 Å². The lowest BCUT2D eigenvalue weighted by Crippen LogP contribution is -2.35. The Balaban J connectivity index is 2.03. The van der Waals surface area contributed by atoms with Gasteiger partial charge in [-0.05, 0) is 25.0 Å². The highest BCUT2D eigenvalue weighted by atomic mass is 35.5. The Morgan fingerprint density at radius 2 is 1.78 bits per heavy atom. The number of rotatable bonds is 1. The monoisotopic (exact) mass is 286 g/mol. The molecule has 1 saturated heterocycles. The van der Waals surface area contributed by atoms with Gasteiger partial charge in [0, 0.05) is 13.1 Å². The van der Waals surface area contributed by atoms with E-state index in [2.05, 4.69) is 5.32 Å². The molecule has 1 aliphatic rings. The summed E-state index contributed by atoms with van der Waals surface area (Å²) in [4.78, 5) is 13.9. The second kappa shape index (κ2) is 6.30. The first-order valence-electron chi connectivity index (χ1n) is 6.18. The van der Waals surface area contributed by atoms with Crippen LogP contribution in [-0.2, 0) is 0 Å². The van der Waals surface area contributed by atoms with E-state index in [1.54, 1.807) is 18.2 Å². The molecule has 1 N–H and O–H groups in total. The summed E-state index contributed by atoms with van der Waals surface area (Å²) < 4.78 is 0. The topological polar surface area (TPSA) is 32.3 Å². The molecule has 0 bridgehead atoms. The highest BCUT2D eigenvalue weighted by molar-refractivity contribution is 6.43. The van der Waals surface area contributed by atoms with Crippen molar-refractivity contribution in [3.05, 3.63) is 28.2 Å². The first-order valence-corrected chi connectivity index (χ1v) is 6.94. The maximum absolute atomic E-state index is 12.1. The molecule has 3 nitrogen and oxygen atoms in total. The van der Waals surface area contributed by atoms with E-state index in [-0.39, 0.29) is 6.03 Å². The molecule has 98 valence electrons. The number of urea groups is 1. The second-order valence-corrected chi connectivity index (χ2v) is 5.22. The quantitative estimate of drug-likeness (QED) is 0.815. The third-order valence-electron chi connectivity index (χ3n) is 3.09. The summed E-state index contributed by atoms with van der Waals surface area (Å²) in [5.74, 6) is 0. The molecule has 0 atom stereocenters. The SMILES string of the molecule is O=C(Nc1cccc(Cl)c1Cl)N1CCCCCC1. The molecule has 2 amide bonds. The van der Waals surface area contributed by atoms with E-state index in [9.17, 15) is 4.79 Å². The zero-order valence-corrected chi connectivity index (χ0v) is 11.6. The van der Waals surface area contributed by atoms with Gasteiger partial charge in [0.1, 0.15) is 0 Å². The largest absolute Gasteiger partial charge is 0.325 e. The molecule has 18 heavy (non-hydrogen) atoms. The number of halogens is 2. The van der Waals surface area contributed by atoms with Crippen LogP contribution in [0.1, 0.15) is 25.7 Å². The van der Waals surface area contributed by atoms with Gasteiger partial charge >= 0.3 is 6.03 Å². The summed E-state index contributed by atoms with van der Waals surface area (Å²) in [6.45, 7) is 1.62. The van der Waals surface area contributed by atoms with Gasteiger partial charge < -0.3 is 10.2 Å². The number of carbonyl (C=O) groups is 1. The van der Waals surface area contributed by atoms with E-state index in [1.807, 2.05) is 4.90 Å². The molecule has 1 fully saturated rings. The summed E-state index contributed by atoms with van der Waals surface area (Å²) in [5.41, 5.74) is 0.568. The van der Waals surface area contributed by atoms with E-state index in [4.69, 9.17) is 23.2 Å². The number of nitrogens with zero attached hydrogens (tertiary/aromatic N) is 1. The third kappa shape index (κ3) is 3.30. The number of hydrogen-bond donors (Lipinski definition) is 1. The molecule has 1 aromatic carbocycles. The van der Waals surface area contributed by atoms with E-state index < -0.39 is 0 Å². The Labute approximate surface area is 117 Å². The average Bonchev–Trinajstić information content (AvgIpc) is 2.63. The maximum Gasteiger partial charge on any atom is 0.321 e. The standard InChI is InChI=1S/C13H16Cl2N2O/c14-10-6-5-7-11(12(10)15)16-13(18)17-8-3-1-2-4-9-17/h5-7H,1-4,8-9H2,(H,16,18). The Bertz CT molecular complexity index is 429. The fourth-order valence-electron chi connectivity index (χ4n) is 2.07. The molecule has 1 aliphatic heterocycles. The number of anilines is 1. The highest BCUT2D eigenvalue weighted by Gasteiger charge is 2.16. The first-order chi connectivity index (χ1) is 8.68. The average molecular weight is 287 g/mol. The molecule has 1 aromatic rings. The molecule has 0 radical (unpaired) electrons. The van der Waals surface area contributed by atoms with E-state index in [1.165, 1.54) is 12.8 Å². The van der Waals surface area contributed by atoms with Gasteiger partial charge in [-0.3, -0.25) is 0 Å². The molecule has 0 aromatic heterocycles. The Morgan fingerprint density at radius 3 is 2.44 bits per heavy atom. The molecule has 0 spiro atoms. The molecular formula is C13H16Cl2N2O. The fraction of sp³-hybridized carbons (Fsp3) is 0.462. The van der Waals surface area contributed by atoms with Gasteiger partial charge in [0.25, 0.3) is 0 Å². The number of carbonyl (C=O) groups excluding carboxylic acids is 1. The van der Waals surface area contributed by atoms with Crippen LogP contribution < -0.4 is 5.32 Å². The summed E-state index contributed by atoms with van der Waals surface area (Å²) in [7, 11) is 0. The number of nitrogens with one attached hydrogen (secondary N) is 1. The lowest BCUT2D eigenvalue weighted by Gasteiger charge is -2.21. The minimum Gasteiger partial charge on any atom is -0.325 e. The highest BCUT2D eigenvalue weighted by Crippen LogP contribution is 2.29. The zero-order chi connectivity index (χ0) is 13.0. The maximum atomic E-state index is 12.1. The van der Waals surface area contributed by atoms with E-state index in [0.717, 1.165) is 25.9 Å². The molecule has 0 unspecified atom stereocenters.